The summed E-state index contributed by atoms with van der Waals surface area (Å²) in [6.45, 7) is 4.38. The van der Waals surface area contributed by atoms with Crippen LogP contribution in [-0.2, 0) is 19.1 Å². The van der Waals surface area contributed by atoms with E-state index in [1.165, 1.54) is 18.7 Å². The molecule has 1 heterocycles. The lowest BCUT2D eigenvalue weighted by atomic mass is 10.4. The third-order valence-electron chi connectivity index (χ3n) is 2.62. The maximum absolute atomic E-state index is 11.7. The largest absolute Gasteiger partial charge is 0.394 e. The van der Waals surface area contributed by atoms with E-state index in [9.17, 15) is 9.59 Å². The summed E-state index contributed by atoms with van der Waals surface area (Å²) >= 11 is 1.24. The molecule has 1 atom stereocenters. The zero-order valence-corrected chi connectivity index (χ0v) is 12.0. The van der Waals surface area contributed by atoms with Gasteiger partial charge < -0.3 is 19.5 Å². The summed E-state index contributed by atoms with van der Waals surface area (Å²) in [6, 6.07) is 0. The molecule has 1 aliphatic heterocycles. The van der Waals surface area contributed by atoms with Crippen LogP contribution in [0.15, 0.2) is 0 Å². The number of hydrogen-bond acceptors (Lipinski definition) is 6. The second-order valence-electron chi connectivity index (χ2n) is 4.22. The smallest absolute Gasteiger partial charge is 0.223 e. The number of ether oxygens (including phenoxy) is 2. The van der Waals surface area contributed by atoms with Gasteiger partial charge in [-0.3, -0.25) is 9.59 Å². The molecule has 0 saturated carbocycles. The summed E-state index contributed by atoms with van der Waals surface area (Å²) in [6.07, 6.45) is 0.434. The molecule has 0 spiro atoms. The van der Waals surface area contributed by atoms with Crippen molar-refractivity contribution in [2.45, 2.75) is 18.6 Å². The minimum absolute atomic E-state index is 0.0114. The van der Waals surface area contributed by atoms with Crippen molar-refractivity contribution in [2.75, 3.05) is 46.1 Å². The number of amides is 1. The van der Waals surface area contributed by atoms with E-state index in [0.717, 1.165) is 0 Å². The van der Waals surface area contributed by atoms with Crippen LogP contribution < -0.4 is 0 Å². The summed E-state index contributed by atoms with van der Waals surface area (Å²) in [4.78, 5) is 24.4. The number of nitrogens with zero attached hydrogens (tertiary/aromatic N) is 1. The fourth-order valence-electron chi connectivity index (χ4n) is 1.83. The second-order valence-corrected chi connectivity index (χ2v) is 5.70. The lowest BCUT2D eigenvalue weighted by Gasteiger charge is -2.16. The van der Waals surface area contributed by atoms with Gasteiger partial charge in [-0.2, -0.15) is 0 Å². The first-order valence-electron chi connectivity index (χ1n) is 6.35. The number of aliphatic hydroxyl groups excluding tert-OH is 1. The van der Waals surface area contributed by atoms with E-state index in [2.05, 4.69) is 0 Å². The van der Waals surface area contributed by atoms with E-state index in [0.29, 0.717) is 45.9 Å². The number of carbonyl (C=O) groups excluding carboxylic acids is 2. The van der Waals surface area contributed by atoms with Crippen LogP contribution >= 0.6 is 11.8 Å². The highest BCUT2D eigenvalue weighted by Crippen LogP contribution is 2.23. The Morgan fingerprint density at radius 1 is 1.37 bits per heavy atom. The Morgan fingerprint density at radius 2 is 2.05 bits per heavy atom. The SMILES string of the molecule is CC(=O)SC1CC(=O)N(CCOCCOCCO)C1. The molecule has 19 heavy (non-hydrogen) atoms. The number of aliphatic hydroxyl groups is 1. The van der Waals surface area contributed by atoms with Crippen LogP contribution in [0.4, 0.5) is 0 Å². The van der Waals surface area contributed by atoms with Gasteiger partial charge in [0.1, 0.15) is 0 Å². The Morgan fingerprint density at radius 3 is 2.68 bits per heavy atom. The number of hydrogen-bond donors (Lipinski definition) is 1. The molecule has 0 aromatic rings. The highest BCUT2D eigenvalue weighted by atomic mass is 32.2. The third-order valence-corrected chi connectivity index (χ3v) is 3.61. The number of likely N-dealkylation sites (tertiary alicyclic amines) is 1. The summed E-state index contributed by atoms with van der Waals surface area (Å²) < 4.78 is 10.4. The first-order valence-corrected chi connectivity index (χ1v) is 7.22. The van der Waals surface area contributed by atoms with Gasteiger partial charge in [-0.15, -0.1) is 0 Å². The van der Waals surface area contributed by atoms with Crippen LogP contribution in [-0.4, -0.2) is 72.4 Å². The van der Waals surface area contributed by atoms with E-state index in [4.69, 9.17) is 14.6 Å². The van der Waals surface area contributed by atoms with Crippen molar-refractivity contribution >= 4 is 22.8 Å². The molecule has 110 valence electrons. The summed E-state index contributed by atoms with van der Waals surface area (Å²) in [7, 11) is 0. The average Bonchev–Trinajstić information content (AvgIpc) is 2.67. The summed E-state index contributed by atoms with van der Waals surface area (Å²) in [5.41, 5.74) is 0. The predicted molar refractivity (Wildman–Crippen MR) is 72.0 cm³/mol. The molecule has 1 rings (SSSR count). The van der Waals surface area contributed by atoms with E-state index >= 15 is 0 Å². The Kier molecular flexibility index (Phi) is 8.04. The topological polar surface area (TPSA) is 76.1 Å². The fraction of sp³-hybridized carbons (Fsp3) is 0.833. The van der Waals surface area contributed by atoms with Crippen LogP contribution in [0, 0.1) is 0 Å². The Hall–Kier alpha value is -0.630. The van der Waals surface area contributed by atoms with Crippen molar-refractivity contribution < 1.29 is 24.2 Å². The van der Waals surface area contributed by atoms with E-state index in [1.54, 1.807) is 4.90 Å². The Labute approximate surface area is 117 Å². The Balaban J connectivity index is 2.06. The zero-order valence-electron chi connectivity index (χ0n) is 11.2. The fourth-order valence-corrected chi connectivity index (χ4v) is 2.78. The van der Waals surface area contributed by atoms with Gasteiger partial charge in [0.15, 0.2) is 5.12 Å². The van der Waals surface area contributed by atoms with Gasteiger partial charge in [-0.25, -0.2) is 0 Å². The molecule has 1 fully saturated rings. The lowest BCUT2D eigenvalue weighted by Crippen LogP contribution is -2.29. The number of rotatable bonds is 9. The van der Waals surface area contributed by atoms with Crippen molar-refractivity contribution in [3.8, 4) is 0 Å². The van der Waals surface area contributed by atoms with Gasteiger partial charge in [0.2, 0.25) is 5.91 Å². The summed E-state index contributed by atoms with van der Waals surface area (Å²) in [5.74, 6) is 0.0823. The maximum Gasteiger partial charge on any atom is 0.223 e. The van der Waals surface area contributed by atoms with Crippen LogP contribution in [0.1, 0.15) is 13.3 Å². The van der Waals surface area contributed by atoms with Crippen LogP contribution in [0.5, 0.6) is 0 Å². The highest BCUT2D eigenvalue weighted by Gasteiger charge is 2.30. The predicted octanol–water partition coefficient (Wildman–Crippen LogP) is -0.107. The number of carbonyl (C=O) groups is 2. The van der Waals surface area contributed by atoms with Crippen molar-refractivity contribution in [1.82, 2.24) is 4.90 Å². The molecule has 1 saturated heterocycles. The quantitative estimate of drug-likeness (QED) is 0.598. The molecule has 0 bridgehead atoms. The molecule has 1 N–H and O–H groups in total. The second kappa shape index (κ2) is 9.30. The highest BCUT2D eigenvalue weighted by molar-refractivity contribution is 8.14. The molecular weight excluding hydrogens is 270 g/mol. The van der Waals surface area contributed by atoms with Gasteiger partial charge in [0.25, 0.3) is 0 Å². The molecule has 6 nitrogen and oxygen atoms in total. The maximum atomic E-state index is 11.7. The van der Waals surface area contributed by atoms with Crippen LogP contribution in [0.2, 0.25) is 0 Å². The van der Waals surface area contributed by atoms with E-state index < -0.39 is 0 Å². The zero-order chi connectivity index (χ0) is 14.1. The van der Waals surface area contributed by atoms with E-state index in [1.807, 2.05) is 0 Å². The average molecular weight is 291 g/mol. The molecule has 0 aliphatic carbocycles. The molecule has 0 aromatic heterocycles. The van der Waals surface area contributed by atoms with Crippen molar-refractivity contribution in [3.63, 3.8) is 0 Å². The lowest BCUT2D eigenvalue weighted by molar-refractivity contribution is -0.128. The molecule has 1 amide bonds. The van der Waals surface area contributed by atoms with Crippen LogP contribution in [0.25, 0.3) is 0 Å². The van der Waals surface area contributed by atoms with Gasteiger partial charge in [-0.1, -0.05) is 11.8 Å². The molecule has 1 unspecified atom stereocenters. The van der Waals surface area contributed by atoms with Crippen LogP contribution in [0.3, 0.4) is 0 Å². The van der Waals surface area contributed by atoms with Gasteiger partial charge >= 0.3 is 0 Å². The monoisotopic (exact) mass is 291 g/mol. The van der Waals surface area contributed by atoms with E-state index in [-0.39, 0.29) is 22.9 Å². The minimum atomic E-state index is 0.0114. The first-order chi connectivity index (χ1) is 9.13. The van der Waals surface area contributed by atoms with Gasteiger partial charge in [0.05, 0.1) is 33.0 Å². The molecule has 7 heteroatoms. The standard InChI is InChI=1S/C12H21NO5S/c1-10(15)19-11-8-12(16)13(9-11)2-4-17-6-7-18-5-3-14/h11,14H,2-9H2,1H3. The first kappa shape index (κ1) is 16.4. The minimum Gasteiger partial charge on any atom is -0.394 e. The normalized spacial score (nSPS) is 19.2. The summed E-state index contributed by atoms with van der Waals surface area (Å²) in [5, 5.41) is 8.63. The van der Waals surface area contributed by atoms with Crippen molar-refractivity contribution in [2.24, 2.45) is 0 Å². The number of thioether (sulfide) groups is 1. The third kappa shape index (κ3) is 6.91. The molecular formula is C12H21NO5S. The van der Waals surface area contributed by atoms with Gasteiger partial charge in [-0.05, 0) is 0 Å². The van der Waals surface area contributed by atoms with Crippen molar-refractivity contribution in [3.05, 3.63) is 0 Å². The van der Waals surface area contributed by atoms with Gasteiger partial charge in [0, 0.05) is 31.7 Å². The Bertz CT molecular complexity index is 300. The molecule has 1 aliphatic rings. The molecule has 0 aromatic carbocycles. The van der Waals surface area contributed by atoms with Crippen molar-refractivity contribution in [1.29, 1.82) is 0 Å². The molecule has 0 radical (unpaired) electrons.